The first kappa shape index (κ1) is 12.6. The molecule has 2 heterocycles. The second-order valence-electron chi connectivity index (χ2n) is 4.76. The minimum atomic E-state index is 0.433. The Kier molecular flexibility index (Phi) is 5.02. The first-order valence-electron chi connectivity index (χ1n) is 6.61. The van der Waals surface area contributed by atoms with Crippen molar-refractivity contribution in [1.82, 2.24) is 0 Å². The third-order valence-electron chi connectivity index (χ3n) is 3.28. The van der Waals surface area contributed by atoms with Crippen LogP contribution < -0.4 is 0 Å². The first-order chi connectivity index (χ1) is 8.36. The Hall–Kier alpha value is -0.860. The van der Waals surface area contributed by atoms with Gasteiger partial charge in [0.25, 0.3) is 0 Å². The number of benzene rings is 1. The molecule has 94 valence electrons. The van der Waals surface area contributed by atoms with E-state index in [4.69, 9.17) is 9.47 Å². The lowest BCUT2D eigenvalue weighted by molar-refractivity contribution is -0.133. The van der Waals surface area contributed by atoms with Gasteiger partial charge in [0.2, 0.25) is 0 Å². The van der Waals surface area contributed by atoms with Crippen LogP contribution in [0.15, 0.2) is 30.3 Å². The highest BCUT2D eigenvalue weighted by atomic mass is 16.5. The van der Waals surface area contributed by atoms with Crippen LogP contribution >= 0.6 is 0 Å². The van der Waals surface area contributed by atoms with Crippen LogP contribution in [0.3, 0.4) is 0 Å². The quantitative estimate of drug-likeness (QED) is 0.685. The third kappa shape index (κ3) is 4.14. The second kappa shape index (κ2) is 6.77. The lowest BCUT2D eigenvalue weighted by atomic mass is 9.99. The van der Waals surface area contributed by atoms with Gasteiger partial charge < -0.3 is 9.47 Å². The molecule has 0 amide bonds. The predicted molar refractivity (Wildman–Crippen MR) is 69.1 cm³/mol. The Balaban J connectivity index is 0.000000136. The normalized spacial score (nSPS) is 27.6. The molecular weight excluding hydrogens is 212 g/mol. The summed E-state index contributed by atoms with van der Waals surface area (Å²) in [5.74, 6) is 0. The maximum absolute atomic E-state index is 5.56. The van der Waals surface area contributed by atoms with E-state index < -0.39 is 0 Å². The summed E-state index contributed by atoms with van der Waals surface area (Å²) in [6, 6.07) is 10.3. The van der Waals surface area contributed by atoms with Crippen LogP contribution in [0.4, 0.5) is 0 Å². The van der Waals surface area contributed by atoms with Crippen LogP contribution in [-0.4, -0.2) is 25.4 Å². The molecule has 0 radical (unpaired) electrons. The van der Waals surface area contributed by atoms with E-state index in [2.05, 4.69) is 19.1 Å². The Morgan fingerprint density at radius 3 is 1.82 bits per heavy atom. The van der Waals surface area contributed by atoms with Crippen molar-refractivity contribution in [3.8, 4) is 0 Å². The molecule has 2 atom stereocenters. The van der Waals surface area contributed by atoms with Gasteiger partial charge >= 0.3 is 0 Å². The molecular formula is C15H22O2. The SMILES string of the molecule is C1COC2CCCOC2C1.Cc1ccccc1. The van der Waals surface area contributed by atoms with Gasteiger partial charge in [0.05, 0.1) is 12.2 Å². The van der Waals surface area contributed by atoms with E-state index in [1.165, 1.54) is 31.2 Å². The second-order valence-corrected chi connectivity index (χ2v) is 4.76. The maximum Gasteiger partial charge on any atom is 0.0837 e. The summed E-state index contributed by atoms with van der Waals surface area (Å²) in [5, 5.41) is 0. The van der Waals surface area contributed by atoms with Gasteiger partial charge in [-0.1, -0.05) is 35.9 Å². The molecule has 2 heteroatoms. The smallest absolute Gasteiger partial charge is 0.0837 e. The van der Waals surface area contributed by atoms with Crippen molar-refractivity contribution in [2.45, 2.75) is 44.8 Å². The monoisotopic (exact) mass is 234 g/mol. The highest BCUT2D eigenvalue weighted by Crippen LogP contribution is 2.24. The van der Waals surface area contributed by atoms with Gasteiger partial charge in [0, 0.05) is 13.2 Å². The zero-order chi connectivity index (χ0) is 11.9. The molecule has 3 rings (SSSR count). The Morgan fingerprint density at radius 2 is 1.41 bits per heavy atom. The van der Waals surface area contributed by atoms with Crippen LogP contribution in [0, 0.1) is 6.92 Å². The van der Waals surface area contributed by atoms with Crippen molar-refractivity contribution in [1.29, 1.82) is 0 Å². The molecule has 1 aromatic rings. The molecule has 0 bridgehead atoms. The van der Waals surface area contributed by atoms with E-state index in [1.54, 1.807) is 0 Å². The van der Waals surface area contributed by atoms with Crippen LogP contribution in [-0.2, 0) is 9.47 Å². The Bertz CT molecular complexity index is 284. The van der Waals surface area contributed by atoms with Gasteiger partial charge in [0.15, 0.2) is 0 Å². The summed E-state index contributed by atoms with van der Waals surface area (Å²) in [7, 11) is 0. The molecule has 0 saturated carbocycles. The molecule has 2 nitrogen and oxygen atoms in total. The van der Waals surface area contributed by atoms with Gasteiger partial charge in [-0.3, -0.25) is 0 Å². The highest BCUT2D eigenvalue weighted by molar-refractivity contribution is 5.11. The molecule has 2 fully saturated rings. The van der Waals surface area contributed by atoms with Crippen molar-refractivity contribution in [3.05, 3.63) is 35.9 Å². The number of hydrogen-bond donors (Lipinski definition) is 0. The first-order valence-corrected chi connectivity index (χ1v) is 6.61. The summed E-state index contributed by atoms with van der Waals surface area (Å²) in [6.45, 7) is 3.98. The zero-order valence-corrected chi connectivity index (χ0v) is 10.6. The van der Waals surface area contributed by atoms with Crippen LogP contribution in [0.2, 0.25) is 0 Å². The number of hydrogen-bond acceptors (Lipinski definition) is 2. The van der Waals surface area contributed by atoms with Crippen LogP contribution in [0.25, 0.3) is 0 Å². The summed E-state index contributed by atoms with van der Waals surface area (Å²) in [4.78, 5) is 0. The highest BCUT2D eigenvalue weighted by Gasteiger charge is 2.28. The van der Waals surface area contributed by atoms with E-state index in [-0.39, 0.29) is 0 Å². The van der Waals surface area contributed by atoms with Crippen molar-refractivity contribution in [3.63, 3.8) is 0 Å². The van der Waals surface area contributed by atoms with Gasteiger partial charge in [-0.2, -0.15) is 0 Å². The number of rotatable bonds is 0. The largest absolute Gasteiger partial charge is 0.376 e. The Labute approximate surface area is 104 Å². The van der Waals surface area contributed by atoms with Crippen molar-refractivity contribution >= 4 is 0 Å². The van der Waals surface area contributed by atoms with Crippen LogP contribution in [0.5, 0.6) is 0 Å². The molecule has 17 heavy (non-hydrogen) atoms. The number of aryl methyl sites for hydroxylation is 1. The fourth-order valence-corrected chi connectivity index (χ4v) is 2.33. The topological polar surface area (TPSA) is 18.5 Å². The van der Waals surface area contributed by atoms with Crippen molar-refractivity contribution in [2.75, 3.05) is 13.2 Å². The van der Waals surface area contributed by atoms with Gasteiger partial charge in [-0.05, 0) is 32.6 Å². The van der Waals surface area contributed by atoms with E-state index in [9.17, 15) is 0 Å². The lowest BCUT2D eigenvalue weighted by Crippen LogP contribution is -2.39. The molecule has 1 aromatic carbocycles. The van der Waals surface area contributed by atoms with Gasteiger partial charge in [-0.25, -0.2) is 0 Å². The molecule has 2 unspecified atom stereocenters. The van der Waals surface area contributed by atoms with E-state index in [0.717, 1.165) is 13.2 Å². The molecule has 0 N–H and O–H groups in total. The average molecular weight is 234 g/mol. The molecule has 2 saturated heterocycles. The molecule has 0 aromatic heterocycles. The number of ether oxygens (including phenoxy) is 2. The average Bonchev–Trinajstić information content (AvgIpc) is 2.41. The summed E-state index contributed by atoms with van der Waals surface area (Å²) < 4.78 is 11.1. The molecule has 0 spiro atoms. The molecule has 2 aliphatic rings. The maximum atomic E-state index is 5.56. The third-order valence-corrected chi connectivity index (χ3v) is 3.28. The minimum absolute atomic E-state index is 0.433. The summed E-state index contributed by atoms with van der Waals surface area (Å²) in [6.07, 6.45) is 5.66. The summed E-state index contributed by atoms with van der Waals surface area (Å²) >= 11 is 0. The standard InChI is InChI=1S/C8H14O2.C7H8/c1-3-7-8(9-5-1)4-2-6-10-7;1-7-5-3-2-4-6-7/h7-8H,1-6H2;2-6H,1H3. The predicted octanol–water partition coefficient (Wildman–Crippen LogP) is 3.34. The molecule has 2 aliphatic heterocycles. The van der Waals surface area contributed by atoms with Crippen molar-refractivity contribution < 1.29 is 9.47 Å². The van der Waals surface area contributed by atoms with Gasteiger partial charge in [0.1, 0.15) is 0 Å². The van der Waals surface area contributed by atoms with E-state index in [1.807, 2.05) is 18.2 Å². The molecule has 0 aliphatic carbocycles. The fourth-order valence-electron chi connectivity index (χ4n) is 2.33. The van der Waals surface area contributed by atoms with Gasteiger partial charge in [-0.15, -0.1) is 0 Å². The minimum Gasteiger partial charge on any atom is -0.376 e. The van der Waals surface area contributed by atoms with Crippen LogP contribution in [0.1, 0.15) is 31.2 Å². The fraction of sp³-hybridized carbons (Fsp3) is 0.600. The van der Waals surface area contributed by atoms with E-state index >= 15 is 0 Å². The zero-order valence-electron chi connectivity index (χ0n) is 10.6. The Morgan fingerprint density at radius 1 is 0.882 bits per heavy atom. The van der Waals surface area contributed by atoms with E-state index in [0.29, 0.717) is 12.2 Å². The van der Waals surface area contributed by atoms with Crippen molar-refractivity contribution in [2.24, 2.45) is 0 Å². The number of fused-ring (bicyclic) bond motifs is 1. The summed E-state index contributed by atoms with van der Waals surface area (Å²) in [5.41, 5.74) is 1.32. The lowest BCUT2D eigenvalue weighted by Gasteiger charge is -2.35.